The van der Waals surface area contributed by atoms with E-state index < -0.39 is 0 Å². The molecule has 0 atom stereocenters. The highest BCUT2D eigenvalue weighted by molar-refractivity contribution is 6.32. The molecule has 3 rings (SSSR count). The molecule has 2 heterocycles. The zero-order valence-electron chi connectivity index (χ0n) is 11.8. The number of halogens is 1. The molecule has 0 saturated carbocycles. The van der Waals surface area contributed by atoms with Crippen LogP contribution in [0.3, 0.4) is 0 Å². The Labute approximate surface area is 136 Å². The maximum absolute atomic E-state index is 11.8. The number of pyridine rings is 1. The van der Waals surface area contributed by atoms with E-state index in [4.69, 9.17) is 20.8 Å². The Kier molecular flexibility index (Phi) is 4.49. The third-order valence-electron chi connectivity index (χ3n) is 2.86. The number of anilines is 1. The molecule has 0 spiro atoms. The van der Waals surface area contributed by atoms with Crippen LogP contribution in [-0.2, 0) is 4.79 Å². The Morgan fingerprint density at radius 2 is 2.09 bits per heavy atom. The Hall–Kier alpha value is -2.93. The van der Waals surface area contributed by atoms with Gasteiger partial charge in [0.2, 0.25) is 12.3 Å². The number of nitrogens with zero attached hydrogens (tertiary/aromatic N) is 3. The van der Waals surface area contributed by atoms with Crippen molar-refractivity contribution in [3.05, 3.63) is 54.1 Å². The smallest absolute Gasteiger partial charge is 0.262 e. The summed E-state index contributed by atoms with van der Waals surface area (Å²) >= 11 is 5.87. The summed E-state index contributed by atoms with van der Waals surface area (Å²) in [7, 11) is 0. The predicted molar refractivity (Wildman–Crippen MR) is 83.1 cm³/mol. The number of ether oxygens (including phenoxy) is 1. The van der Waals surface area contributed by atoms with E-state index in [1.807, 2.05) is 0 Å². The normalized spacial score (nSPS) is 10.3. The van der Waals surface area contributed by atoms with Crippen LogP contribution in [0.25, 0.3) is 11.5 Å². The van der Waals surface area contributed by atoms with E-state index >= 15 is 0 Å². The van der Waals surface area contributed by atoms with E-state index in [-0.39, 0.29) is 17.7 Å². The van der Waals surface area contributed by atoms with Crippen molar-refractivity contribution in [3.8, 4) is 17.2 Å². The van der Waals surface area contributed by atoms with Gasteiger partial charge >= 0.3 is 0 Å². The Bertz CT molecular complexity index is 791. The van der Waals surface area contributed by atoms with Gasteiger partial charge in [-0.2, -0.15) is 0 Å². The van der Waals surface area contributed by atoms with E-state index in [2.05, 4.69) is 20.5 Å². The summed E-state index contributed by atoms with van der Waals surface area (Å²) in [6.07, 6.45) is 2.80. The first-order chi connectivity index (χ1) is 11.2. The standard InChI is InChI=1S/C15H11ClN4O3/c16-14-12(2-1-7-17-14)19-13(21)8-22-11-5-3-10(4-6-11)15-20-18-9-23-15/h1-7,9H,8H2,(H,19,21). The van der Waals surface area contributed by atoms with Gasteiger partial charge in [-0.25, -0.2) is 4.98 Å². The van der Waals surface area contributed by atoms with Crippen LogP contribution in [0.5, 0.6) is 5.75 Å². The number of amides is 1. The van der Waals surface area contributed by atoms with Crippen LogP contribution in [0.4, 0.5) is 5.69 Å². The number of rotatable bonds is 5. The van der Waals surface area contributed by atoms with Crippen LogP contribution in [0.2, 0.25) is 5.15 Å². The van der Waals surface area contributed by atoms with Gasteiger partial charge in [0.1, 0.15) is 5.75 Å². The highest BCUT2D eigenvalue weighted by atomic mass is 35.5. The van der Waals surface area contributed by atoms with Crippen LogP contribution < -0.4 is 10.1 Å². The van der Waals surface area contributed by atoms with Gasteiger partial charge in [0.25, 0.3) is 5.91 Å². The quantitative estimate of drug-likeness (QED) is 0.723. The fourth-order valence-electron chi connectivity index (χ4n) is 1.81. The summed E-state index contributed by atoms with van der Waals surface area (Å²) in [6, 6.07) is 10.3. The summed E-state index contributed by atoms with van der Waals surface area (Å²) < 4.78 is 10.5. The predicted octanol–water partition coefficient (Wildman–Crippen LogP) is 2.80. The van der Waals surface area contributed by atoms with Crippen LogP contribution in [0, 0.1) is 0 Å². The lowest BCUT2D eigenvalue weighted by atomic mass is 10.2. The molecule has 0 fully saturated rings. The van der Waals surface area contributed by atoms with Crippen molar-refractivity contribution < 1.29 is 13.9 Å². The lowest BCUT2D eigenvalue weighted by Crippen LogP contribution is -2.20. The lowest BCUT2D eigenvalue weighted by molar-refractivity contribution is -0.118. The highest BCUT2D eigenvalue weighted by Crippen LogP contribution is 2.20. The minimum atomic E-state index is -0.333. The number of hydrogen-bond donors (Lipinski definition) is 1. The van der Waals surface area contributed by atoms with Crippen molar-refractivity contribution in [3.63, 3.8) is 0 Å². The molecule has 8 heteroatoms. The molecule has 2 aromatic heterocycles. The van der Waals surface area contributed by atoms with Crippen LogP contribution >= 0.6 is 11.6 Å². The van der Waals surface area contributed by atoms with E-state index in [1.54, 1.807) is 42.6 Å². The molecule has 0 aliphatic carbocycles. The summed E-state index contributed by atoms with van der Waals surface area (Å²) in [5.74, 6) is 0.627. The third kappa shape index (κ3) is 3.83. The Morgan fingerprint density at radius 3 is 2.78 bits per heavy atom. The number of benzene rings is 1. The van der Waals surface area contributed by atoms with Gasteiger partial charge in [-0.05, 0) is 36.4 Å². The highest BCUT2D eigenvalue weighted by Gasteiger charge is 2.08. The maximum Gasteiger partial charge on any atom is 0.262 e. The molecule has 7 nitrogen and oxygen atoms in total. The van der Waals surface area contributed by atoms with Gasteiger partial charge in [-0.1, -0.05) is 11.6 Å². The van der Waals surface area contributed by atoms with Crippen molar-refractivity contribution in [2.45, 2.75) is 0 Å². The Morgan fingerprint density at radius 1 is 1.26 bits per heavy atom. The van der Waals surface area contributed by atoms with E-state index in [1.165, 1.54) is 6.39 Å². The average molecular weight is 331 g/mol. The largest absolute Gasteiger partial charge is 0.484 e. The maximum atomic E-state index is 11.8. The van der Waals surface area contributed by atoms with Crippen molar-refractivity contribution in [1.29, 1.82) is 0 Å². The van der Waals surface area contributed by atoms with Crippen molar-refractivity contribution in [2.75, 3.05) is 11.9 Å². The van der Waals surface area contributed by atoms with Crippen molar-refractivity contribution in [2.24, 2.45) is 0 Å². The van der Waals surface area contributed by atoms with Gasteiger partial charge < -0.3 is 14.5 Å². The zero-order valence-corrected chi connectivity index (χ0v) is 12.5. The summed E-state index contributed by atoms with van der Waals surface area (Å²) in [5, 5.41) is 10.3. The minimum Gasteiger partial charge on any atom is -0.484 e. The second kappa shape index (κ2) is 6.89. The average Bonchev–Trinajstić information content (AvgIpc) is 3.10. The number of nitrogens with one attached hydrogen (secondary N) is 1. The van der Waals surface area contributed by atoms with E-state index in [9.17, 15) is 4.79 Å². The first-order valence-electron chi connectivity index (χ1n) is 6.62. The molecule has 3 aromatic rings. The van der Waals surface area contributed by atoms with Gasteiger partial charge in [0.05, 0.1) is 5.69 Å². The molecule has 0 aliphatic rings. The van der Waals surface area contributed by atoms with Crippen LogP contribution in [0.1, 0.15) is 0 Å². The Balaban J connectivity index is 1.56. The lowest BCUT2D eigenvalue weighted by Gasteiger charge is -2.08. The molecule has 23 heavy (non-hydrogen) atoms. The van der Waals surface area contributed by atoms with Gasteiger partial charge in [-0.3, -0.25) is 4.79 Å². The molecule has 1 aromatic carbocycles. The van der Waals surface area contributed by atoms with Crippen LogP contribution in [-0.4, -0.2) is 27.7 Å². The van der Waals surface area contributed by atoms with Crippen molar-refractivity contribution >= 4 is 23.2 Å². The van der Waals surface area contributed by atoms with Gasteiger partial charge in [0.15, 0.2) is 11.8 Å². The molecule has 0 aliphatic heterocycles. The summed E-state index contributed by atoms with van der Waals surface area (Å²) in [6.45, 7) is -0.148. The molecule has 1 N–H and O–H groups in total. The minimum absolute atomic E-state index is 0.148. The topological polar surface area (TPSA) is 90.1 Å². The third-order valence-corrected chi connectivity index (χ3v) is 3.17. The number of hydrogen-bond acceptors (Lipinski definition) is 6. The summed E-state index contributed by atoms with van der Waals surface area (Å²) in [5.41, 5.74) is 1.20. The molecule has 1 amide bonds. The number of aromatic nitrogens is 3. The SMILES string of the molecule is O=C(COc1ccc(-c2nnco2)cc1)Nc1cccnc1Cl. The zero-order chi connectivity index (χ0) is 16.1. The first kappa shape index (κ1) is 15.0. The second-order valence-electron chi connectivity index (χ2n) is 4.45. The molecular formula is C15H11ClN4O3. The van der Waals surface area contributed by atoms with Gasteiger partial charge in [-0.15, -0.1) is 10.2 Å². The number of carbonyl (C=O) groups is 1. The molecule has 116 valence electrons. The molecule has 0 bridgehead atoms. The van der Waals surface area contributed by atoms with Crippen molar-refractivity contribution in [1.82, 2.24) is 15.2 Å². The summed E-state index contributed by atoms with van der Waals surface area (Å²) in [4.78, 5) is 15.7. The first-order valence-corrected chi connectivity index (χ1v) is 7.00. The second-order valence-corrected chi connectivity index (χ2v) is 4.80. The van der Waals surface area contributed by atoms with Crippen LogP contribution in [0.15, 0.2) is 53.4 Å². The molecular weight excluding hydrogens is 320 g/mol. The fourth-order valence-corrected chi connectivity index (χ4v) is 1.97. The van der Waals surface area contributed by atoms with E-state index in [0.29, 0.717) is 17.3 Å². The molecule has 0 unspecified atom stereocenters. The van der Waals surface area contributed by atoms with E-state index in [0.717, 1.165) is 5.56 Å². The monoisotopic (exact) mass is 330 g/mol. The molecule has 0 radical (unpaired) electrons. The number of carbonyl (C=O) groups excluding carboxylic acids is 1. The molecule has 0 saturated heterocycles. The van der Waals surface area contributed by atoms with Gasteiger partial charge in [0, 0.05) is 11.8 Å². The fraction of sp³-hybridized carbons (Fsp3) is 0.0667.